The first-order chi connectivity index (χ1) is 20.5. The van der Waals surface area contributed by atoms with E-state index < -0.39 is 23.8 Å². The molecule has 0 atom stereocenters. The largest absolute Gasteiger partial charge is 0.456 e. The molecule has 3 rings (SSSR count). The number of rotatable bonds is 7. The highest BCUT2D eigenvalue weighted by Gasteiger charge is 2.18. The summed E-state index contributed by atoms with van der Waals surface area (Å²) < 4.78 is 15.8. The summed E-state index contributed by atoms with van der Waals surface area (Å²) in [6.07, 6.45) is -1.18. The first-order valence-corrected chi connectivity index (χ1v) is 13.8. The van der Waals surface area contributed by atoms with Crippen molar-refractivity contribution in [1.29, 1.82) is 0 Å². The van der Waals surface area contributed by atoms with Crippen molar-refractivity contribution in [3.05, 3.63) is 106 Å². The van der Waals surface area contributed by atoms with Crippen molar-refractivity contribution in [3.63, 3.8) is 0 Å². The number of esters is 1. The molecular formula is C35H36N2O6. The molecule has 8 heteroatoms. The van der Waals surface area contributed by atoms with Gasteiger partial charge in [-0.15, -0.1) is 0 Å². The van der Waals surface area contributed by atoms with Crippen LogP contribution in [0.2, 0.25) is 0 Å². The number of ether oxygens (including phenoxy) is 3. The third-order valence-electron chi connectivity index (χ3n) is 5.70. The second-order valence-corrected chi connectivity index (χ2v) is 10.7. The van der Waals surface area contributed by atoms with Crippen molar-refractivity contribution < 1.29 is 28.6 Å². The lowest BCUT2D eigenvalue weighted by Crippen LogP contribution is -2.24. The van der Waals surface area contributed by atoms with E-state index in [1.54, 1.807) is 39.0 Å². The predicted molar refractivity (Wildman–Crippen MR) is 164 cm³/mol. The van der Waals surface area contributed by atoms with E-state index in [0.717, 1.165) is 22.3 Å². The van der Waals surface area contributed by atoms with E-state index in [1.165, 1.54) is 0 Å². The van der Waals surface area contributed by atoms with Crippen molar-refractivity contribution in [2.24, 2.45) is 0 Å². The summed E-state index contributed by atoms with van der Waals surface area (Å²) in [5.41, 5.74) is 4.71. The summed E-state index contributed by atoms with van der Waals surface area (Å²) in [7, 11) is 0. The van der Waals surface area contributed by atoms with Crippen LogP contribution in [0, 0.1) is 37.5 Å². The first-order valence-electron chi connectivity index (χ1n) is 13.8. The second kappa shape index (κ2) is 15.7. The molecule has 0 heterocycles. The Balaban J connectivity index is 1.59. The van der Waals surface area contributed by atoms with Crippen molar-refractivity contribution in [2.75, 3.05) is 13.2 Å². The van der Waals surface area contributed by atoms with Gasteiger partial charge in [-0.25, -0.2) is 14.4 Å². The third-order valence-corrected chi connectivity index (χ3v) is 5.70. The zero-order chi connectivity index (χ0) is 31.2. The van der Waals surface area contributed by atoms with Crippen LogP contribution in [0.4, 0.5) is 9.59 Å². The van der Waals surface area contributed by atoms with Gasteiger partial charge in [-0.05, 0) is 63.9 Å². The number of nitrogens with one attached hydrogen (secondary N) is 2. The Bertz CT molecular complexity index is 1450. The molecule has 43 heavy (non-hydrogen) atoms. The lowest BCUT2D eigenvalue weighted by Gasteiger charge is -2.19. The summed E-state index contributed by atoms with van der Waals surface area (Å²) in [6.45, 7) is 9.69. The summed E-state index contributed by atoms with van der Waals surface area (Å²) in [5.74, 6) is 10.8. The Kier molecular flexibility index (Phi) is 11.8. The van der Waals surface area contributed by atoms with E-state index in [0.29, 0.717) is 24.2 Å². The molecule has 0 aliphatic heterocycles. The minimum Gasteiger partial charge on any atom is -0.456 e. The van der Waals surface area contributed by atoms with E-state index in [-0.39, 0.29) is 18.8 Å². The highest BCUT2D eigenvalue weighted by atomic mass is 16.6. The normalized spacial score (nSPS) is 10.3. The highest BCUT2D eigenvalue weighted by molar-refractivity contribution is 5.90. The quantitative estimate of drug-likeness (QED) is 0.208. The molecule has 0 saturated carbocycles. The van der Waals surface area contributed by atoms with Gasteiger partial charge in [-0.1, -0.05) is 83.3 Å². The fourth-order valence-electron chi connectivity index (χ4n) is 3.57. The monoisotopic (exact) mass is 580 g/mol. The van der Waals surface area contributed by atoms with Crippen LogP contribution in [0.5, 0.6) is 0 Å². The standard InChI is InChI=1S/C35H36N2O6/c1-25-10-14-27(15-11-25)23-36-33(39)41-18-6-8-29-20-30(22-31(21-29)32(38)43-35(3,4)5)9-7-19-42-34(40)37-24-28-16-12-26(2)13-17-28/h10-17,20-22H,18-19,23-24H2,1-5H3,(H,36,39)(H,37,40). The van der Waals surface area contributed by atoms with Gasteiger partial charge in [0, 0.05) is 24.2 Å². The fourth-order valence-corrected chi connectivity index (χ4v) is 3.57. The molecule has 8 nitrogen and oxygen atoms in total. The topological polar surface area (TPSA) is 103 Å². The van der Waals surface area contributed by atoms with Crippen LogP contribution >= 0.6 is 0 Å². The molecule has 3 aromatic rings. The minimum atomic E-state index is -0.690. The summed E-state index contributed by atoms with van der Waals surface area (Å²) in [4.78, 5) is 36.8. The summed E-state index contributed by atoms with van der Waals surface area (Å²) in [6, 6.07) is 20.4. The van der Waals surface area contributed by atoms with Gasteiger partial charge in [0.15, 0.2) is 13.2 Å². The van der Waals surface area contributed by atoms with Gasteiger partial charge >= 0.3 is 18.2 Å². The van der Waals surface area contributed by atoms with Crippen molar-refractivity contribution >= 4 is 18.2 Å². The number of carbonyl (C=O) groups is 3. The first kappa shape index (κ1) is 32.3. The SMILES string of the molecule is Cc1ccc(CNC(=O)OCC#Cc2cc(C#CCOC(=O)NCc3ccc(C)cc3)cc(C(=O)OC(C)(C)C)c2)cc1. The molecule has 0 spiro atoms. The number of hydrogen-bond donors (Lipinski definition) is 2. The molecule has 0 aliphatic carbocycles. The Morgan fingerprint density at radius 1 is 0.674 bits per heavy atom. The summed E-state index contributed by atoms with van der Waals surface area (Å²) >= 11 is 0. The lowest BCUT2D eigenvalue weighted by atomic mass is 10.1. The Hall–Kier alpha value is -5.21. The van der Waals surface area contributed by atoms with Crippen LogP contribution in [0.25, 0.3) is 0 Å². The number of benzene rings is 3. The maximum Gasteiger partial charge on any atom is 0.408 e. The van der Waals surface area contributed by atoms with Gasteiger partial charge in [-0.2, -0.15) is 0 Å². The zero-order valence-electron chi connectivity index (χ0n) is 25.1. The van der Waals surface area contributed by atoms with Gasteiger partial charge in [0.25, 0.3) is 0 Å². The van der Waals surface area contributed by atoms with E-state index in [2.05, 4.69) is 34.3 Å². The van der Waals surface area contributed by atoms with Crippen LogP contribution in [-0.2, 0) is 27.3 Å². The van der Waals surface area contributed by atoms with Crippen molar-refractivity contribution in [2.45, 2.75) is 53.3 Å². The van der Waals surface area contributed by atoms with E-state index >= 15 is 0 Å². The van der Waals surface area contributed by atoms with Crippen LogP contribution in [0.15, 0.2) is 66.7 Å². The maximum absolute atomic E-state index is 12.7. The molecule has 0 bridgehead atoms. The Morgan fingerprint density at radius 3 is 1.49 bits per heavy atom. The molecule has 0 saturated heterocycles. The van der Waals surface area contributed by atoms with Gasteiger partial charge in [0.05, 0.1) is 5.56 Å². The molecule has 0 aliphatic rings. The third kappa shape index (κ3) is 12.5. The molecule has 3 aromatic carbocycles. The highest BCUT2D eigenvalue weighted by Crippen LogP contribution is 2.15. The Morgan fingerprint density at radius 2 is 1.09 bits per heavy atom. The summed E-state index contributed by atoms with van der Waals surface area (Å²) in [5, 5.41) is 5.36. The minimum absolute atomic E-state index is 0.150. The van der Waals surface area contributed by atoms with E-state index in [9.17, 15) is 14.4 Å². The maximum atomic E-state index is 12.7. The van der Waals surface area contributed by atoms with Crippen LogP contribution in [0.3, 0.4) is 0 Å². The zero-order valence-corrected chi connectivity index (χ0v) is 25.1. The van der Waals surface area contributed by atoms with Gasteiger partial charge in [0.1, 0.15) is 5.60 Å². The average molecular weight is 581 g/mol. The number of alkyl carbamates (subject to hydrolysis) is 2. The van der Waals surface area contributed by atoms with Crippen molar-refractivity contribution in [3.8, 4) is 23.7 Å². The second-order valence-electron chi connectivity index (χ2n) is 10.7. The van der Waals surface area contributed by atoms with Crippen LogP contribution in [-0.4, -0.2) is 37.0 Å². The lowest BCUT2D eigenvalue weighted by molar-refractivity contribution is 0.00692. The molecule has 2 N–H and O–H groups in total. The molecule has 0 aromatic heterocycles. The van der Waals surface area contributed by atoms with Gasteiger partial charge in [-0.3, -0.25) is 0 Å². The molecule has 0 unspecified atom stereocenters. The van der Waals surface area contributed by atoms with Crippen LogP contribution in [0.1, 0.15) is 64.5 Å². The number of hydrogen-bond acceptors (Lipinski definition) is 6. The number of amides is 2. The Labute approximate surface area is 253 Å². The molecule has 0 fully saturated rings. The van der Waals surface area contributed by atoms with Crippen molar-refractivity contribution in [1.82, 2.24) is 10.6 Å². The van der Waals surface area contributed by atoms with E-state index in [4.69, 9.17) is 14.2 Å². The predicted octanol–water partition coefficient (Wildman–Crippen LogP) is 5.81. The molecule has 2 amide bonds. The van der Waals surface area contributed by atoms with Gasteiger partial charge < -0.3 is 24.8 Å². The van der Waals surface area contributed by atoms with Crippen LogP contribution < -0.4 is 10.6 Å². The number of carbonyl (C=O) groups excluding carboxylic acids is 3. The number of aryl methyl sites for hydroxylation is 2. The fraction of sp³-hybridized carbons (Fsp3) is 0.286. The van der Waals surface area contributed by atoms with Gasteiger partial charge in [0.2, 0.25) is 0 Å². The molecular weight excluding hydrogens is 544 g/mol. The van der Waals surface area contributed by atoms with E-state index in [1.807, 2.05) is 62.4 Å². The molecule has 222 valence electrons. The smallest absolute Gasteiger partial charge is 0.408 e. The molecule has 0 radical (unpaired) electrons. The average Bonchev–Trinajstić information content (AvgIpc) is 2.96.